The van der Waals surface area contributed by atoms with Gasteiger partial charge in [0.1, 0.15) is 5.69 Å². The first kappa shape index (κ1) is 20.2. The Balaban J connectivity index is 1.53. The van der Waals surface area contributed by atoms with Crippen molar-refractivity contribution in [1.82, 2.24) is 29.9 Å². The predicted molar refractivity (Wildman–Crippen MR) is 121 cm³/mol. The number of carbonyl (C=O) groups is 1. The summed E-state index contributed by atoms with van der Waals surface area (Å²) in [6.07, 6.45) is 7.46. The first-order valence-corrected chi connectivity index (χ1v) is 10.6. The lowest BCUT2D eigenvalue weighted by Gasteiger charge is -2.18. The molecule has 1 aromatic carbocycles. The molecule has 4 N–H and O–H groups in total. The van der Waals surface area contributed by atoms with Crippen LogP contribution in [0.3, 0.4) is 0 Å². The number of benzene rings is 1. The standard InChI is InChI=1S/C23H25N7O2/c1-23(2,32)13-25-20-21-24-11-19(30(21)12-18(28-20)17-9-10-26-29-17)14-3-5-15(6-4-14)22(31)27-16-7-8-16/h3-6,9-12,16,32H,7-8,13H2,1-2H3,(H,25,28)(H,26,29)(H,27,31). The van der Waals surface area contributed by atoms with Crippen LogP contribution in [0, 0.1) is 0 Å². The van der Waals surface area contributed by atoms with Crippen LogP contribution in [0.4, 0.5) is 5.82 Å². The Morgan fingerprint density at radius 2 is 2.03 bits per heavy atom. The van der Waals surface area contributed by atoms with Crippen molar-refractivity contribution in [3.05, 3.63) is 54.5 Å². The number of hydrogen-bond acceptors (Lipinski definition) is 6. The van der Waals surface area contributed by atoms with Gasteiger partial charge < -0.3 is 15.7 Å². The molecule has 0 bridgehead atoms. The first-order valence-electron chi connectivity index (χ1n) is 10.6. The van der Waals surface area contributed by atoms with Crippen molar-refractivity contribution in [1.29, 1.82) is 0 Å². The van der Waals surface area contributed by atoms with Crippen molar-refractivity contribution in [3.8, 4) is 22.6 Å². The van der Waals surface area contributed by atoms with Gasteiger partial charge in [-0.25, -0.2) is 9.97 Å². The number of hydrogen-bond donors (Lipinski definition) is 4. The van der Waals surface area contributed by atoms with Gasteiger partial charge in [-0.2, -0.15) is 5.10 Å². The van der Waals surface area contributed by atoms with Crippen LogP contribution >= 0.6 is 0 Å². The second kappa shape index (κ2) is 7.76. The minimum atomic E-state index is -0.908. The molecule has 1 amide bonds. The highest BCUT2D eigenvalue weighted by Gasteiger charge is 2.24. The van der Waals surface area contributed by atoms with Crippen molar-refractivity contribution in [2.24, 2.45) is 0 Å². The van der Waals surface area contributed by atoms with Gasteiger partial charge in [0.15, 0.2) is 11.5 Å². The highest BCUT2D eigenvalue weighted by Crippen LogP contribution is 2.28. The second-order valence-corrected chi connectivity index (χ2v) is 8.77. The van der Waals surface area contributed by atoms with E-state index in [9.17, 15) is 9.90 Å². The fraction of sp³-hybridized carbons (Fsp3) is 0.304. The molecule has 0 saturated heterocycles. The number of aromatic nitrogens is 5. The van der Waals surface area contributed by atoms with Crippen LogP contribution in [-0.2, 0) is 0 Å². The van der Waals surface area contributed by atoms with Crippen LogP contribution in [0.25, 0.3) is 28.3 Å². The third-order valence-corrected chi connectivity index (χ3v) is 5.31. The Kier molecular flexibility index (Phi) is 4.90. The summed E-state index contributed by atoms with van der Waals surface area (Å²) in [7, 11) is 0. The maximum absolute atomic E-state index is 12.3. The SMILES string of the molecule is CC(C)(O)CNc1nc(-c2ccn[nH]2)cn2c(-c3ccc(C(=O)NC4CC4)cc3)cnc12. The van der Waals surface area contributed by atoms with E-state index in [1.165, 1.54) is 0 Å². The highest BCUT2D eigenvalue weighted by atomic mass is 16.3. The number of nitrogens with one attached hydrogen (secondary N) is 3. The van der Waals surface area contributed by atoms with Gasteiger partial charge in [0.2, 0.25) is 0 Å². The number of imidazole rings is 1. The number of nitrogens with zero attached hydrogens (tertiary/aromatic N) is 4. The Labute approximate surface area is 184 Å². The molecule has 1 saturated carbocycles. The molecular weight excluding hydrogens is 406 g/mol. The normalized spacial score (nSPS) is 14.0. The van der Waals surface area contributed by atoms with Gasteiger partial charge in [-0.1, -0.05) is 12.1 Å². The van der Waals surface area contributed by atoms with Crippen LogP contribution in [0.2, 0.25) is 0 Å². The minimum absolute atomic E-state index is 0.0407. The molecule has 9 nitrogen and oxygen atoms in total. The molecule has 1 aliphatic carbocycles. The van der Waals surface area contributed by atoms with Gasteiger partial charge in [0, 0.05) is 36.1 Å². The molecule has 9 heteroatoms. The Bertz CT molecular complexity index is 1250. The summed E-state index contributed by atoms with van der Waals surface area (Å²) in [5.74, 6) is 0.520. The number of anilines is 1. The van der Waals surface area contributed by atoms with E-state index in [4.69, 9.17) is 4.98 Å². The van der Waals surface area contributed by atoms with Crippen LogP contribution in [0.5, 0.6) is 0 Å². The molecular formula is C23H25N7O2. The highest BCUT2D eigenvalue weighted by molar-refractivity contribution is 5.95. The second-order valence-electron chi connectivity index (χ2n) is 8.77. The lowest BCUT2D eigenvalue weighted by molar-refractivity contribution is 0.0940. The number of rotatable bonds is 7. The fourth-order valence-electron chi connectivity index (χ4n) is 3.44. The molecule has 3 heterocycles. The number of aliphatic hydroxyl groups is 1. The van der Waals surface area contributed by atoms with Crippen molar-refractivity contribution >= 4 is 17.4 Å². The molecule has 0 aliphatic heterocycles. The first-order chi connectivity index (χ1) is 15.4. The van der Waals surface area contributed by atoms with Gasteiger partial charge in [-0.15, -0.1) is 0 Å². The lowest BCUT2D eigenvalue weighted by Crippen LogP contribution is -2.29. The smallest absolute Gasteiger partial charge is 0.251 e. The van der Waals surface area contributed by atoms with Crippen molar-refractivity contribution < 1.29 is 9.90 Å². The number of fused-ring (bicyclic) bond motifs is 1. The van der Waals surface area contributed by atoms with Crippen LogP contribution in [-0.4, -0.2) is 53.8 Å². The van der Waals surface area contributed by atoms with E-state index < -0.39 is 5.60 Å². The quantitative estimate of drug-likeness (QED) is 0.357. The van der Waals surface area contributed by atoms with Crippen molar-refractivity contribution in [2.75, 3.05) is 11.9 Å². The Morgan fingerprint density at radius 1 is 1.25 bits per heavy atom. The molecule has 5 rings (SSSR count). The van der Waals surface area contributed by atoms with E-state index >= 15 is 0 Å². The van der Waals surface area contributed by atoms with Gasteiger partial charge in [0.25, 0.3) is 5.91 Å². The number of aromatic amines is 1. The van der Waals surface area contributed by atoms with Gasteiger partial charge in [-0.3, -0.25) is 14.3 Å². The average molecular weight is 432 g/mol. The van der Waals surface area contributed by atoms with Gasteiger partial charge >= 0.3 is 0 Å². The van der Waals surface area contributed by atoms with E-state index in [1.807, 2.05) is 40.9 Å². The predicted octanol–water partition coefficient (Wildman–Crippen LogP) is 2.86. The Morgan fingerprint density at radius 3 is 2.69 bits per heavy atom. The summed E-state index contributed by atoms with van der Waals surface area (Å²) < 4.78 is 1.95. The average Bonchev–Trinajstić information content (AvgIpc) is 3.25. The van der Waals surface area contributed by atoms with Crippen molar-refractivity contribution in [2.45, 2.75) is 38.3 Å². The zero-order valence-corrected chi connectivity index (χ0v) is 18.0. The zero-order valence-electron chi connectivity index (χ0n) is 18.0. The third-order valence-electron chi connectivity index (χ3n) is 5.31. The number of carbonyl (C=O) groups excluding carboxylic acids is 1. The summed E-state index contributed by atoms with van der Waals surface area (Å²) in [4.78, 5) is 21.6. The molecule has 4 aromatic rings. The minimum Gasteiger partial charge on any atom is -0.389 e. The summed E-state index contributed by atoms with van der Waals surface area (Å²) in [6, 6.07) is 9.67. The zero-order chi connectivity index (χ0) is 22.3. The van der Waals surface area contributed by atoms with Gasteiger partial charge in [0.05, 0.1) is 23.2 Å². The molecule has 0 atom stereocenters. The monoisotopic (exact) mass is 431 g/mol. The van der Waals surface area contributed by atoms with Crippen molar-refractivity contribution in [3.63, 3.8) is 0 Å². The molecule has 164 valence electrons. The molecule has 0 unspecified atom stereocenters. The molecule has 0 radical (unpaired) electrons. The summed E-state index contributed by atoms with van der Waals surface area (Å²) in [5.41, 5.74) is 3.62. The molecule has 0 spiro atoms. The molecule has 1 fully saturated rings. The third kappa shape index (κ3) is 4.19. The number of H-pyrrole nitrogens is 1. The van der Waals surface area contributed by atoms with Crippen LogP contribution < -0.4 is 10.6 Å². The van der Waals surface area contributed by atoms with Gasteiger partial charge in [-0.05, 0) is 44.9 Å². The maximum Gasteiger partial charge on any atom is 0.251 e. The van der Waals surface area contributed by atoms with Crippen LogP contribution in [0.15, 0.2) is 48.9 Å². The van der Waals surface area contributed by atoms with Crippen LogP contribution in [0.1, 0.15) is 37.0 Å². The van der Waals surface area contributed by atoms with E-state index in [2.05, 4.69) is 25.8 Å². The van der Waals surface area contributed by atoms with E-state index in [0.29, 0.717) is 35.3 Å². The van der Waals surface area contributed by atoms with E-state index in [0.717, 1.165) is 29.8 Å². The fourth-order valence-corrected chi connectivity index (χ4v) is 3.44. The topological polar surface area (TPSA) is 120 Å². The molecule has 1 aliphatic rings. The number of amides is 1. The summed E-state index contributed by atoms with van der Waals surface area (Å²) in [5, 5.41) is 23.3. The van der Waals surface area contributed by atoms with E-state index in [-0.39, 0.29) is 5.91 Å². The molecule has 3 aromatic heterocycles. The summed E-state index contributed by atoms with van der Waals surface area (Å²) in [6.45, 7) is 3.77. The maximum atomic E-state index is 12.3. The lowest BCUT2D eigenvalue weighted by atomic mass is 10.1. The van der Waals surface area contributed by atoms with E-state index in [1.54, 1.807) is 26.2 Å². The Hall–Kier alpha value is -3.72. The molecule has 32 heavy (non-hydrogen) atoms. The summed E-state index contributed by atoms with van der Waals surface area (Å²) >= 11 is 0. The largest absolute Gasteiger partial charge is 0.389 e.